The summed E-state index contributed by atoms with van der Waals surface area (Å²) in [6, 6.07) is 0. The summed E-state index contributed by atoms with van der Waals surface area (Å²) < 4.78 is 0. The molecule has 0 heterocycles. The number of aliphatic hydroxyl groups excluding tert-OH is 1. The van der Waals surface area contributed by atoms with Gasteiger partial charge in [0.05, 0.1) is 6.10 Å². The lowest BCUT2D eigenvalue weighted by Crippen LogP contribution is -2.25. The second-order valence-corrected chi connectivity index (χ2v) is 6.08. The monoisotopic (exact) mass is 182 g/mol. The van der Waals surface area contributed by atoms with Crippen molar-refractivity contribution in [2.24, 2.45) is 16.2 Å². The highest BCUT2D eigenvalue weighted by Crippen LogP contribution is 2.82. The van der Waals surface area contributed by atoms with Crippen molar-refractivity contribution in [1.29, 1.82) is 0 Å². The lowest BCUT2D eigenvalue weighted by Gasteiger charge is -2.30. The van der Waals surface area contributed by atoms with Gasteiger partial charge in [0.1, 0.15) is 0 Å². The Bertz CT molecular complexity index is 213. The van der Waals surface area contributed by atoms with Gasteiger partial charge in [0.2, 0.25) is 0 Å². The third-order valence-corrected chi connectivity index (χ3v) is 5.62. The Hall–Kier alpha value is -0.0400. The normalized spacial score (nSPS) is 39.0. The van der Waals surface area contributed by atoms with Crippen molar-refractivity contribution in [1.82, 2.24) is 0 Å². The molecule has 2 aliphatic rings. The molecule has 13 heavy (non-hydrogen) atoms. The molecule has 1 N–H and O–H groups in total. The SMILES string of the molecule is CC1(C)C(C)(C)C12CCCC(O)C2. The van der Waals surface area contributed by atoms with Gasteiger partial charge in [0, 0.05) is 0 Å². The van der Waals surface area contributed by atoms with Crippen molar-refractivity contribution >= 4 is 0 Å². The molecule has 1 nitrogen and oxygen atoms in total. The molecule has 2 saturated carbocycles. The maximum Gasteiger partial charge on any atom is 0.0546 e. The van der Waals surface area contributed by atoms with Crippen LogP contribution in [0.25, 0.3) is 0 Å². The quantitative estimate of drug-likeness (QED) is 0.610. The van der Waals surface area contributed by atoms with Crippen LogP contribution >= 0.6 is 0 Å². The summed E-state index contributed by atoms with van der Waals surface area (Å²) in [5.41, 5.74) is 1.31. The maximum absolute atomic E-state index is 9.75. The zero-order chi connectivity index (χ0) is 9.91. The Labute approximate surface area is 81.5 Å². The first-order chi connectivity index (χ1) is 5.85. The number of rotatable bonds is 0. The van der Waals surface area contributed by atoms with Crippen LogP contribution in [-0.2, 0) is 0 Å². The summed E-state index contributed by atoms with van der Waals surface area (Å²) in [5.74, 6) is 0. The van der Waals surface area contributed by atoms with Crippen LogP contribution in [-0.4, -0.2) is 11.2 Å². The maximum atomic E-state index is 9.75. The van der Waals surface area contributed by atoms with E-state index in [9.17, 15) is 5.11 Å². The highest BCUT2D eigenvalue weighted by Gasteiger charge is 2.76. The molecule has 0 amide bonds. The lowest BCUT2D eigenvalue weighted by molar-refractivity contribution is 0.0706. The van der Waals surface area contributed by atoms with E-state index in [1.54, 1.807) is 0 Å². The van der Waals surface area contributed by atoms with Gasteiger partial charge >= 0.3 is 0 Å². The minimum absolute atomic E-state index is 0.0326. The molecule has 2 rings (SSSR count). The molecule has 0 radical (unpaired) electrons. The fraction of sp³-hybridized carbons (Fsp3) is 1.00. The van der Waals surface area contributed by atoms with E-state index in [1.165, 1.54) is 12.8 Å². The van der Waals surface area contributed by atoms with Crippen LogP contribution in [0.15, 0.2) is 0 Å². The topological polar surface area (TPSA) is 20.2 Å². The number of hydrogen-bond acceptors (Lipinski definition) is 1. The Kier molecular flexibility index (Phi) is 1.69. The molecule has 0 aliphatic heterocycles. The van der Waals surface area contributed by atoms with Crippen LogP contribution in [0.3, 0.4) is 0 Å². The first-order valence-electron chi connectivity index (χ1n) is 5.53. The van der Waals surface area contributed by atoms with Gasteiger partial charge in [0.25, 0.3) is 0 Å². The Morgan fingerprint density at radius 2 is 1.62 bits per heavy atom. The molecule has 76 valence electrons. The molecule has 0 aromatic rings. The Morgan fingerprint density at radius 3 is 1.92 bits per heavy atom. The summed E-state index contributed by atoms with van der Waals surface area (Å²) in [4.78, 5) is 0. The molecular weight excluding hydrogens is 160 g/mol. The highest BCUT2D eigenvalue weighted by molar-refractivity contribution is 5.24. The molecule has 0 aromatic carbocycles. The van der Waals surface area contributed by atoms with E-state index in [4.69, 9.17) is 0 Å². The molecule has 2 fully saturated rings. The van der Waals surface area contributed by atoms with Gasteiger partial charge < -0.3 is 5.11 Å². The molecule has 1 heteroatoms. The Morgan fingerprint density at radius 1 is 1.08 bits per heavy atom. The van der Waals surface area contributed by atoms with Gasteiger partial charge in [0.15, 0.2) is 0 Å². The molecular formula is C12H22O. The summed E-state index contributed by atoms with van der Waals surface area (Å²) in [5, 5.41) is 9.75. The second kappa shape index (κ2) is 2.31. The molecule has 0 bridgehead atoms. The third kappa shape index (κ3) is 0.869. The van der Waals surface area contributed by atoms with Crippen molar-refractivity contribution in [3.8, 4) is 0 Å². The largest absolute Gasteiger partial charge is 0.393 e. The average molecular weight is 182 g/mol. The van der Waals surface area contributed by atoms with Crippen molar-refractivity contribution in [2.75, 3.05) is 0 Å². The zero-order valence-corrected chi connectivity index (χ0v) is 9.35. The minimum Gasteiger partial charge on any atom is -0.393 e. The third-order valence-electron chi connectivity index (χ3n) is 5.62. The van der Waals surface area contributed by atoms with Crippen LogP contribution in [0.4, 0.5) is 0 Å². The predicted octanol–water partition coefficient (Wildman–Crippen LogP) is 2.97. The van der Waals surface area contributed by atoms with Crippen molar-refractivity contribution in [2.45, 2.75) is 59.5 Å². The minimum atomic E-state index is -0.0326. The van der Waals surface area contributed by atoms with Gasteiger partial charge in [-0.05, 0) is 35.5 Å². The molecule has 1 unspecified atom stereocenters. The second-order valence-electron chi connectivity index (χ2n) is 6.08. The van der Waals surface area contributed by atoms with Gasteiger partial charge in [-0.15, -0.1) is 0 Å². The van der Waals surface area contributed by atoms with E-state index in [-0.39, 0.29) is 6.10 Å². The standard InChI is InChI=1S/C12H22O/c1-10(2)11(3,4)12(10)7-5-6-9(13)8-12/h9,13H,5-8H2,1-4H3. The lowest BCUT2D eigenvalue weighted by atomic mass is 9.77. The van der Waals surface area contributed by atoms with Crippen molar-refractivity contribution < 1.29 is 5.11 Å². The van der Waals surface area contributed by atoms with Crippen LogP contribution in [0.1, 0.15) is 53.4 Å². The van der Waals surface area contributed by atoms with E-state index in [0.717, 1.165) is 12.8 Å². The van der Waals surface area contributed by atoms with E-state index in [1.807, 2.05) is 0 Å². The van der Waals surface area contributed by atoms with Crippen molar-refractivity contribution in [3.05, 3.63) is 0 Å². The van der Waals surface area contributed by atoms with E-state index in [2.05, 4.69) is 27.7 Å². The predicted molar refractivity (Wildman–Crippen MR) is 54.5 cm³/mol. The summed E-state index contributed by atoms with van der Waals surface area (Å²) in [6.07, 6.45) is 4.56. The van der Waals surface area contributed by atoms with E-state index >= 15 is 0 Å². The summed E-state index contributed by atoms with van der Waals surface area (Å²) in [6.45, 7) is 9.46. The summed E-state index contributed by atoms with van der Waals surface area (Å²) in [7, 11) is 0. The fourth-order valence-electron chi connectivity index (χ4n) is 3.93. The fourth-order valence-corrected chi connectivity index (χ4v) is 3.93. The number of hydrogen-bond donors (Lipinski definition) is 1. The van der Waals surface area contributed by atoms with Crippen LogP contribution in [0, 0.1) is 16.2 Å². The van der Waals surface area contributed by atoms with Gasteiger partial charge in [-0.3, -0.25) is 0 Å². The van der Waals surface area contributed by atoms with Crippen LogP contribution < -0.4 is 0 Å². The molecule has 0 saturated heterocycles. The van der Waals surface area contributed by atoms with Gasteiger partial charge in [-0.1, -0.05) is 34.1 Å². The molecule has 2 aliphatic carbocycles. The first kappa shape index (κ1) is 9.51. The van der Waals surface area contributed by atoms with Gasteiger partial charge in [-0.25, -0.2) is 0 Å². The van der Waals surface area contributed by atoms with E-state index < -0.39 is 0 Å². The molecule has 0 aromatic heterocycles. The van der Waals surface area contributed by atoms with Crippen molar-refractivity contribution in [3.63, 3.8) is 0 Å². The molecule has 1 spiro atoms. The molecule has 1 atom stereocenters. The van der Waals surface area contributed by atoms with E-state index in [0.29, 0.717) is 16.2 Å². The van der Waals surface area contributed by atoms with Crippen LogP contribution in [0.5, 0.6) is 0 Å². The highest BCUT2D eigenvalue weighted by atomic mass is 16.3. The number of aliphatic hydroxyl groups is 1. The van der Waals surface area contributed by atoms with Crippen LogP contribution in [0.2, 0.25) is 0 Å². The smallest absolute Gasteiger partial charge is 0.0546 e. The summed E-state index contributed by atoms with van der Waals surface area (Å²) >= 11 is 0. The zero-order valence-electron chi connectivity index (χ0n) is 9.35. The Balaban J connectivity index is 2.24. The van der Waals surface area contributed by atoms with Gasteiger partial charge in [-0.2, -0.15) is 0 Å². The average Bonchev–Trinajstić information content (AvgIpc) is 2.30. The first-order valence-corrected chi connectivity index (χ1v) is 5.53.